The molecule has 14 heavy (non-hydrogen) atoms. The molecule has 1 rings (SSSR count). The summed E-state index contributed by atoms with van der Waals surface area (Å²) < 4.78 is 0. The first-order valence-corrected chi connectivity index (χ1v) is 7.22. The van der Waals surface area contributed by atoms with Gasteiger partial charge in [0.15, 0.2) is 0 Å². The van der Waals surface area contributed by atoms with Gasteiger partial charge in [0, 0.05) is 11.8 Å². The van der Waals surface area contributed by atoms with Gasteiger partial charge in [-0.15, -0.1) is 0 Å². The van der Waals surface area contributed by atoms with Gasteiger partial charge in [0.1, 0.15) is 0 Å². The Kier molecular flexibility index (Phi) is 5.95. The molecule has 1 saturated carbocycles. The molecule has 0 aromatic rings. The third kappa shape index (κ3) is 4.22. The number of hydrogen-bond donors (Lipinski definition) is 1. The lowest BCUT2D eigenvalue weighted by atomic mass is 9.80. The predicted octanol–water partition coefficient (Wildman–Crippen LogP) is 3.28. The van der Waals surface area contributed by atoms with Crippen molar-refractivity contribution in [3.63, 3.8) is 0 Å². The van der Waals surface area contributed by atoms with Gasteiger partial charge in [0.05, 0.1) is 0 Å². The lowest BCUT2D eigenvalue weighted by molar-refractivity contribution is 0.264. The standard InChI is InChI=1S/C12H25NS/c1-3-8-14-9-12(13)11-6-4-10(2)5-7-11/h10-12H,3-9,13H2,1-2H3. The summed E-state index contributed by atoms with van der Waals surface area (Å²) in [5, 5.41) is 0. The van der Waals surface area contributed by atoms with Crippen molar-refractivity contribution in [3.8, 4) is 0 Å². The molecule has 0 spiro atoms. The van der Waals surface area contributed by atoms with Crippen LogP contribution in [0, 0.1) is 11.8 Å². The van der Waals surface area contributed by atoms with Crippen LogP contribution in [0.15, 0.2) is 0 Å². The third-order valence-electron chi connectivity index (χ3n) is 3.32. The molecule has 2 heteroatoms. The molecule has 1 aliphatic carbocycles. The monoisotopic (exact) mass is 215 g/mol. The summed E-state index contributed by atoms with van der Waals surface area (Å²) in [5.74, 6) is 4.21. The van der Waals surface area contributed by atoms with Crippen molar-refractivity contribution in [1.29, 1.82) is 0 Å². The Morgan fingerprint density at radius 3 is 2.50 bits per heavy atom. The minimum Gasteiger partial charge on any atom is -0.327 e. The lowest BCUT2D eigenvalue weighted by Crippen LogP contribution is -2.34. The van der Waals surface area contributed by atoms with Crippen molar-refractivity contribution >= 4 is 11.8 Å². The van der Waals surface area contributed by atoms with Gasteiger partial charge in [-0.3, -0.25) is 0 Å². The maximum Gasteiger partial charge on any atom is 0.0158 e. The van der Waals surface area contributed by atoms with E-state index in [2.05, 4.69) is 13.8 Å². The zero-order valence-electron chi connectivity index (χ0n) is 9.67. The zero-order valence-corrected chi connectivity index (χ0v) is 10.5. The van der Waals surface area contributed by atoms with Crippen LogP contribution in [-0.2, 0) is 0 Å². The van der Waals surface area contributed by atoms with Crippen LogP contribution < -0.4 is 5.73 Å². The Balaban J connectivity index is 2.13. The van der Waals surface area contributed by atoms with Crippen molar-refractivity contribution in [2.45, 2.75) is 52.0 Å². The molecule has 1 unspecified atom stereocenters. The van der Waals surface area contributed by atoms with Crippen LogP contribution in [0.25, 0.3) is 0 Å². The summed E-state index contributed by atoms with van der Waals surface area (Å²) in [7, 11) is 0. The predicted molar refractivity (Wildman–Crippen MR) is 66.7 cm³/mol. The smallest absolute Gasteiger partial charge is 0.0158 e. The molecule has 84 valence electrons. The molecule has 1 aliphatic rings. The number of thioether (sulfide) groups is 1. The Bertz CT molecular complexity index is 141. The summed E-state index contributed by atoms with van der Waals surface area (Å²) in [6.07, 6.45) is 6.82. The highest BCUT2D eigenvalue weighted by Gasteiger charge is 2.23. The molecule has 0 saturated heterocycles. The van der Waals surface area contributed by atoms with Crippen molar-refractivity contribution in [1.82, 2.24) is 0 Å². The summed E-state index contributed by atoms with van der Waals surface area (Å²) in [4.78, 5) is 0. The van der Waals surface area contributed by atoms with Gasteiger partial charge in [-0.05, 0) is 36.9 Å². The van der Waals surface area contributed by atoms with Gasteiger partial charge in [-0.2, -0.15) is 11.8 Å². The lowest BCUT2D eigenvalue weighted by Gasteiger charge is -2.30. The Hall–Kier alpha value is 0.310. The quantitative estimate of drug-likeness (QED) is 0.712. The second-order valence-electron chi connectivity index (χ2n) is 4.76. The second kappa shape index (κ2) is 6.73. The third-order valence-corrected chi connectivity index (χ3v) is 4.64. The van der Waals surface area contributed by atoms with Crippen molar-refractivity contribution in [2.75, 3.05) is 11.5 Å². The molecule has 0 amide bonds. The van der Waals surface area contributed by atoms with Gasteiger partial charge >= 0.3 is 0 Å². The van der Waals surface area contributed by atoms with Gasteiger partial charge in [-0.25, -0.2) is 0 Å². The van der Waals surface area contributed by atoms with Gasteiger partial charge < -0.3 is 5.73 Å². The van der Waals surface area contributed by atoms with E-state index in [1.807, 2.05) is 11.8 Å². The molecule has 0 radical (unpaired) electrons. The molecule has 0 bridgehead atoms. The summed E-state index contributed by atoms with van der Waals surface area (Å²) in [6, 6.07) is 0.457. The molecular formula is C12H25NS. The molecule has 1 fully saturated rings. The van der Waals surface area contributed by atoms with E-state index in [0.717, 1.165) is 11.8 Å². The molecular weight excluding hydrogens is 190 g/mol. The van der Waals surface area contributed by atoms with Gasteiger partial charge in [0.2, 0.25) is 0 Å². The average Bonchev–Trinajstić information content (AvgIpc) is 2.19. The fourth-order valence-corrected chi connectivity index (χ4v) is 3.21. The SMILES string of the molecule is CCCSCC(N)C1CCC(C)CC1. The van der Waals surface area contributed by atoms with Crippen LogP contribution in [-0.4, -0.2) is 17.5 Å². The summed E-state index contributed by atoms with van der Waals surface area (Å²) in [5.41, 5.74) is 6.21. The highest BCUT2D eigenvalue weighted by molar-refractivity contribution is 7.99. The van der Waals surface area contributed by atoms with E-state index in [4.69, 9.17) is 5.73 Å². The van der Waals surface area contributed by atoms with Crippen molar-refractivity contribution < 1.29 is 0 Å². The average molecular weight is 215 g/mol. The molecule has 2 N–H and O–H groups in total. The number of rotatable bonds is 5. The van der Waals surface area contributed by atoms with Crippen LogP contribution in [0.4, 0.5) is 0 Å². The summed E-state index contributed by atoms with van der Waals surface area (Å²) in [6.45, 7) is 4.61. The van der Waals surface area contributed by atoms with E-state index in [9.17, 15) is 0 Å². The Labute approximate surface area is 93.2 Å². The fraction of sp³-hybridized carbons (Fsp3) is 1.00. The molecule has 1 atom stereocenters. The maximum absolute atomic E-state index is 6.21. The minimum atomic E-state index is 0.457. The second-order valence-corrected chi connectivity index (χ2v) is 5.91. The first-order chi connectivity index (χ1) is 6.74. The topological polar surface area (TPSA) is 26.0 Å². The Morgan fingerprint density at radius 2 is 1.93 bits per heavy atom. The molecule has 1 nitrogen and oxygen atoms in total. The van der Waals surface area contributed by atoms with E-state index in [0.29, 0.717) is 6.04 Å². The number of hydrogen-bond acceptors (Lipinski definition) is 2. The van der Waals surface area contributed by atoms with E-state index in [1.165, 1.54) is 43.6 Å². The van der Waals surface area contributed by atoms with Crippen molar-refractivity contribution in [2.24, 2.45) is 17.6 Å². The highest BCUT2D eigenvalue weighted by Crippen LogP contribution is 2.30. The normalized spacial score (nSPS) is 30.2. The van der Waals surface area contributed by atoms with E-state index in [1.54, 1.807) is 0 Å². The van der Waals surface area contributed by atoms with Crippen LogP contribution in [0.3, 0.4) is 0 Å². The van der Waals surface area contributed by atoms with E-state index < -0.39 is 0 Å². The Morgan fingerprint density at radius 1 is 1.29 bits per heavy atom. The van der Waals surface area contributed by atoms with Crippen LogP contribution >= 0.6 is 11.8 Å². The van der Waals surface area contributed by atoms with E-state index in [-0.39, 0.29) is 0 Å². The first kappa shape index (κ1) is 12.4. The largest absolute Gasteiger partial charge is 0.327 e. The zero-order chi connectivity index (χ0) is 10.4. The molecule has 0 aliphatic heterocycles. The highest BCUT2D eigenvalue weighted by atomic mass is 32.2. The summed E-state index contributed by atoms with van der Waals surface area (Å²) >= 11 is 2.03. The van der Waals surface area contributed by atoms with Crippen LogP contribution in [0.2, 0.25) is 0 Å². The number of nitrogens with two attached hydrogens (primary N) is 1. The van der Waals surface area contributed by atoms with Gasteiger partial charge in [-0.1, -0.05) is 26.7 Å². The van der Waals surface area contributed by atoms with Crippen LogP contribution in [0.5, 0.6) is 0 Å². The minimum absolute atomic E-state index is 0.457. The van der Waals surface area contributed by atoms with Crippen LogP contribution in [0.1, 0.15) is 46.0 Å². The molecule has 0 heterocycles. The maximum atomic E-state index is 6.21. The first-order valence-electron chi connectivity index (χ1n) is 6.07. The molecule has 0 aromatic heterocycles. The molecule has 0 aromatic carbocycles. The van der Waals surface area contributed by atoms with Gasteiger partial charge in [0.25, 0.3) is 0 Å². The van der Waals surface area contributed by atoms with E-state index >= 15 is 0 Å². The van der Waals surface area contributed by atoms with Crippen molar-refractivity contribution in [3.05, 3.63) is 0 Å². The fourth-order valence-electron chi connectivity index (χ4n) is 2.21.